The quantitative estimate of drug-likeness (QED) is 0.678. The molecule has 0 aliphatic carbocycles. The number of rotatable bonds is 6. The van der Waals surface area contributed by atoms with Gasteiger partial charge in [0.2, 0.25) is 0 Å². The lowest BCUT2D eigenvalue weighted by atomic mass is 10.2. The molecular formula is C21H18N4O3. The van der Waals surface area contributed by atoms with Gasteiger partial charge in [-0.05, 0) is 42.5 Å². The van der Waals surface area contributed by atoms with Crippen molar-refractivity contribution in [1.82, 2.24) is 4.98 Å². The molecule has 2 aromatic carbocycles. The Hall–Kier alpha value is -4.05. The average molecular weight is 374 g/mol. The highest BCUT2D eigenvalue weighted by molar-refractivity contribution is 6.03. The lowest BCUT2D eigenvalue weighted by Crippen LogP contribution is -2.13. The van der Waals surface area contributed by atoms with Gasteiger partial charge in [0.1, 0.15) is 17.2 Å². The van der Waals surface area contributed by atoms with Crippen LogP contribution >= 0.6 is 0 Å². The number of anilines is 3. The van der Waals surface area contributed by atoms with Crippen LogP contribution in [0, 0.1) is 11.3 Å². The number of ether oxygens (including phenoxy) is 2. The van der Waals surface area contributed by atoms with Gasteiger partial charge in [0.25, 0.3) is 5.91 Å². The average Bonchev–Trinajstić information content (AvgIpc) is 2.74. The van der Waals surface area contributed by atoms with Crippen molar-refractivity contribution in [2.24, 2.45) is 0 Å². The van der Waals surface area contributed by atoms with Crippen LogP contribution in [0.4, 0.5) is 17.1 Å². The van der Waals surface area contributed by atoms with E-state index in [2.05, 4.69) is 15.6 Å². The van der Waals surface area contributed by atoms with Gasteiger partial charge in [0, 0.05) is 11.8 Å². The molecule has 0 unspecified atom stereocenters. The maximum absolute atomic E-state index is 12.3. The first-order chi connectivity index (χ1) is 13.6. The molecule has 0 saturated heterocycles. The van der Waals surface area contributed by atoms with Crippen molar-refractivity contribution < 1.29 is 14.3 Å². The number of aromatic nitrogens is 1. The van der Waals surface area contributed by atoms with Crippen molar-refractivity contribution in [2.45, 2.75) is 0 Å². The Morgan fingerprint density at radius 3 is 2.57 bits per heavy atom. The molecule has 2 N–H and O–H groups in total. The van der Waals surface area contributed by atoms with Crippen LogP contribution in [0.15, 0.2) is 60.8 Å². The van der Waals surface area contributed by atoms with Crippen molar-refractivity contribution in [3.8, 4) is 17.6 Å². The van der Waals surface area contributed by atoms with Gasteiger partial charge in [-0.3, -0.25) is 4.79 Å². The number of nitrogens with zero attached hydrogens (tertiary/aromatic N) is 2. The molecule has 140 valence electrons. The van der Waals surface area contributed by atoms with Crippen molar-refractivity contribution in [3.05, 3.63) is 72.1 Å². The summed E-state index contributed by atoms with van der Waals surface area (Å²) in [5, 5.41) is 14.9. The molecule has 1 aromatic heterocycles. The Morgan fingerprint density at radius 2 is 1.89 bits per heavy atom. The zero-order valence-electron chi connectivity index (χ0n) is 15.4. The molecule has 0 spiro atoms. The molecule has 0 bridgehead atoms. The van der Waals surface area contributed by atoms with E-state index in [1.807, 2.05) is 18.2 Å². The van der Waals surface area contributed by atoms with E-state index >= 15 is 0 Å². The summed E-state index contributed by atoms with van der Waals surface area (Å²) in [5.41, 5.74) is 2.71. The smallest absolute Gasteiger partial charge is 0.274 e. The first kappa shape index (κ1) is 18.7. The predicted octanol–water partition coefficient (Wildman–Crippen LogP) is 3.97. The van der Waals surface area contributed by atoms with Crippen molar-refractivity contribution in [2.75, 3.05) is 24.9 Å². The van der Waals surface area contributed by atoms with Gasteiger partial charge in [0.05, 0.1) is 43.4 Å². The summed E-state index contributed by atoms with van der Waals surface area (Å²) in [6.45, 7) is 0. The fourth-order valence-electron chi connectivity index (χ4n) is 2.52. The van der Waals surface area contributed by atoms with Crippen LogP contribution in [-0.4, -0.2) is 25.1 Å². The van der Waals surface area contributed by atoms with Gasteiger partial charge in [0.15, 0.2) is 0 Å². The highest BCUT2D eigenvalue weighted by atomic mass is 16.5. The van der Waals surface area contributed by atoms with Crippen LogP contribution in [0.5, 0.6) is 11.5 Å². The third kappa shape index (κ3) is 4.37. The summed E-state index contributed by atoms with van der Waals surface area (Å²) in [5.74, 6) is 0.954. The zero-order valence-corrected chi connectivity index (χ0v) is 15.4. The highest BCUT2D eigenvalue weighted by Gasteiger charge is 2.10. The second kappa shape index (κ2) is 8.56. The highest BCUT2D eigenvalue weighted by Crippen LogP contribution is 2.31. The Balaban J connectivity index is 1.71. The van der Waals surface area contributed by atoms with Crippen LogP contribution in [0.2, 0.25) is 0 Å². The standard InChI is InChI=1S/C21H18N4O3/c1-27-17-7-9-18(20(11-17)28-2)24-16-6-8-19(23-13-16)21(26)25-15-5-3-4-14(10-15)12-22/h3-11,13,24H,1-2H3,(H,25,26). The molecule has 0 atom stereocenters. The first-order valence-corrected chi connectivity index (χ1v) is 8.39. The van der Waals surface area contributed by atoms with Gasteiger partial charge in [-0.2, -0.15) is 5.26 Å². The minimum Gasteiger partial charge on any atom is -0.497 e. The summed E-state index contributed by atoms with van der Waals surface area (Å²) in [7, 11) is 3.17. The largest absolute Gasteiger partial charge is 0.497 e. The fourth-order valence-corrected chi connectivity index (χ4v) is 2.52. The molecule has 0 saturated carbocycles. The number of pyridine rings is 1. The van der Waals surface area contributed by atoms with Crippen molar-refractivity contribution >= 4 is 23.0 Å². The number of methoxy groups -OCH3 is 2. The molecular weight excluding hydrogens is 356 g/mol. The number of benzene rings is 2. The van der Waals surface area contributed by atoms with E-state index in [4.69, 9.17) is 14.7 Å². The third-order valence-corrected chi connectivity index (χ3v) is 3.93. The van der Waals surface area contributed by atoms with Gasteiger partial charge in [-0.1, -0.05) is 6.07 Å². The lowest BCUT2D eigenvalue weighted by Gasteiger charge is -2.12. The molecule has 3 aromatic rings. The Morgan fingerprint density at radius 1 is 1.04 bits per heavy atom. The lowest BCUT2D eigenvalue weighted by molar-refractivity contribution is 0.102. The molecule has 0 aliphatic heterocycles. The molecule has 7 heteroatoms. The second-order valence-electron chi connectivity index (χ2n) is 5.77. The maximum atomic E-state index is 12.3. The maximum Gasteiger partial charge on any atom is 0.274 e. The number of nitrogens with one attached hydrogen (secondary N) is 2. The number of carbonyl (C=O) groups is 1. The minimum absolute atomic E-state index is 0.259. The SMILES string of the molecule is COc1ccc(Nc2ccc(C(=O)Nc3cccc(C#N)c3)nc2)c(OC)c1. The minimum atomic E-state index is -0.358. The normalized spacial score (nSPS) is 9.89. The van der Waals surface area contributed by atoms with E-state index in [0.29, 0.717) is 28.4 Å². The summed E-state index contributed by atoms with van der Waals surface area (Å²) >= 11 is 0. The Kier molecular flexibility index (Phi) is 5.72. The number of hydrogen-bond acceptors (Lipinski definition) is 6. The van der Waals surface area contributed by atoms with Crippen LogP contribution in [0.25, 0.3) is 0 Å². The van der Waals surface area contributed by atoms with Gasteiger partial charge in [-0.15, -0.1) is 0 Å². The first-order valence-electron chi connectivity index (χ1n) is 8.39. The van der Waals surface area contributed by atoms with E-state index in [1.165, 1.54) is 0 Å². The summed E-state index contributed by atoms with van der Waals surface area (Å²) in [4.78, 5) is 16.5. The van der Waals surface area contributed by atoms with Gasteiger partial charge >= 0.3 is 0 Å². The number of amides is 1. The number of carbonyl (C=O) groups excluding carboxylic acids is 1. The molecule has 1 heterocycles. The van der Waals surface area contributed by atoms with E-state index in [0.717, 1.165) is 5.69 Å². The van der Waals surface area contributed by atoms with Crippen LogP contribution in [0.1, 0.15) is 16.1 Å². The van der Waals surface area contributed by atoms with Crippen LogP contribution in [0.3, 0.4) is 0 Å². The molecule has 7 nitrogen and oxygen atoms in total. The Labute approximate surface area is 162 Å². The third-order valence-electron chi connectivity index (χ3n) is 3.93. The van der Waals surface area contributed by atoms with E-state index in [-0.39, 0.29) is 11.6 Å². The molecule has 1 amide bonds. The fraction of sp³-hybridized carbons (Fsp3) is 0.0952. The van der Waals surface area contributed by atoms with Crippen LogP contribution in [-0.2, 0) is 0 Å². The van der Waals surface area contributed by atoms with E-state index < -0.39 is 0 Å². The zero-order chi connectivity index (χ0) is 19.9. The van der Waals surface area contributed by atoms with E-state index in [9.17, 15) is 4.79 Å². The molecule has 0 aliphatic rings. The summed E-state index contributed by atoms with van der Waals surface area (Å²) in [6, 6.07) is 17.5. The monoisotopic (exact) mass is 374 g/mol. The van der Waals surface area contributed by atoms with Gasteiger partial charge < -0.3 is 20.1 Å². The summed E-state index contributed by atoms with van der Waals surface area (Å²) < 4.78 is 10.5. The predicted molar refractivity (Wildman–Crippen MR) is 106 cm³/mol. The van der Waals surface area contributed by atoms with Crippen molar-refractivity contribution in [1.29, 1.82) is 5.26 Å². The number of nitriles is 1. The molecule has 0 fully saturated rings. The summed E-state index contributed by atoms with van der Waals surface area (Å²) in [6.07, 6.45) is 1.56. The molecule has 28 heavy (non-hydrogen) atoms. The number of hydrogen-bond donors (Lipinski definition) is 2. The van der Waals surface area contributed by atoms with E-state index in [1.54, 1.807) is 62.9 Å². The Bertz CT molecular complexity index is 1030. The topological polar surface area (TPSA) is 96.3 Å². The molecule has 0 radical (unpaired) electrons. The molecule has 3 rings (SSSR count). The second-order valence-corrected chi connectivity index (χ2v) is 5.77. The van der Waals surface area contributed by atoms with Crippen molar-refractivity contribution in [3.63, 3.8) is 0 Å². The van der Waals surface area contributed by atoms with Gasteiger partial charge in [-0.25, -0.2) is 4.98 Å². The van der Waals surface area contributed by atoms with Crippen LogP contribution < -0.4 is 20.1 Å².